The molecule has 1 rings (SSSR count). The van der Waals surface area contributed by atoms with Crippen LogP contribution in [-0.4, -0.2) is 43.9 Å². The maximum Gasteiger partial charge on any atom is 0.253 e. The molecule has 20 heavy (non-hydrogen) atoms. The van der Waals surface area contributed by atoms with E-state index in [0.717, 1.165) is 6.26 Å². The predicted molar refractivity (Wildman–Crippen MR) is 76.8 cm³/mol. The largest absolute Gasteiger partial charge is 0.349 e. The summed E-state index contributed by atoms with van der Waals surface area (Å²) in [6, 6.07) is 1.11. The molecule has 0 aliphatic heterocycles. The van der Waals surface area contributed by atoms with Crippen molar-refractivity contribution in [3.8, 4) is 11.8 Å². The highest BCUT2D eigenvalue weighted by Gasteiger charge is 2.14. The molecule has 0 saturated heterocycles. The van der Waals surface area contributed by atoms with Crippen molar-refractivity contribution in [3.63, 3.8) is 0 Å². The number of carbonyl (C=O) groups excluding carboxylic acids is 1. The van der Waals surface area contributed by atoms with Gasteiger partial charge in [0.05, 0.1) is 17.9 Å². The van der Waals surface area contributed by atoms with Crippen molar-refractivity contribution in [2.45, 2.75) is 13.0 Å². The molecule has 0 radical (unpaired) electrons. The molecular weight excluding hydrogens is 278 g/mol. The Labute approximate surface area is 118 Å². The van der Waals surface area contributed by atoms with Gasteiger partial charge in [0.15, 0.2) is 0 Å². The van der Waals surface area contributed by atoms with Crippen LogP contribution in [0.25, 0.3) is 0 Å². The van der Waals surface area contributed by atoms with Crippen LogP contribution in [0.2, 0.25) is 0 Å². The highest BCUT2D eigenvalue weighted by Crippen LogP contribution is 2.02. The third kappa shape index (κ3) is 5.82. The average Bonchev–Trinajstić information content (AvgIpc) is 2.34. The van der Waals surface area contributed by atoms with Gasteiger partial charge >= 0.3 is 0 Å². The summed E-state index contributed by atoms with van der Waals surface area (Å²) in [6.45, 7) is 1.85. The third-order valence-corrected chi connectivity index (χ3v) is 3.37. The number of hydrogen-bond acceptors (Lipinski definition) is 5. The monoisotopic (exact) mass is 295 g/mol. The predicted octanol–water partition coefficient (Wildman–Crippen LogP) is -0.445. The molecule has 1 unspecified atom stereocenters. The molecule has 0 bridgehead atoms. The Bertz CT molecular complexity index is 644. The normalized spacial score (nSPS) is 12.2. The van der Waals surface area contributed by atoms with Crippen LogP contribution in [0, 0.1) is 11.8 Å². The molecule has 7 heteroatoms. The van der Waals surface area contributed by atoms with E-state index in [4.69, 9.17) is 5.73 Å². The highest BCUT2D eigenvalue weighted by molar-refractivity contribution is 7.90. The molecule has 1 heterocycles. The minimum Gasteiger partial charge on any atom is -0.349 e. The van der Waals surface area contributed by atoms with E-state index in [1.165, 1.54) is 12.4 Å². The number of nitrogens with zero attached hydrogens (tertiary/aromatic N) is 1. The van der Waals surface area contributed by atoms with Gasteiger partial charge in [-0.1, -0.05) is 11.8 Å². The standard InChI is InChI=1S/C13H17N3O3S/c1-10(9-20(2,18)19)16-13(17)12-6-11(4-3-5-14)7-15-8-12/h6-8,10H,5,9,14H2,1-2H3,(H,16,17). The van der Waals surface area contributed by atoms with Crippen LogP contribution in [0.1, 0.15) is 22.8 Å². The van der Waals surface area contributed by atoms with Gasteiger partial charge in [-0.3, -0.25) is 9.78 Å². The third-order valence-electron chi connectivity index (χ3n) is 2.27. The Balaban J connectivity index is 2.77. The number of sulfone groups is 1. The van der Waals surface area contributed by atoms with Gasteiger partial charge < -0.3 is 11.1 Å². The second-order valence-corrected chi connectivity index (χ2v) is 6.62. The fraction of sp³-hybridized carbons (Fsp3) is 0.385. The van der Waals surface area contributed by atoms with E-state index in [2.05, 4.69) is 22.1 Å². The fourth-order valence-electron chi connectivity index (χ4n) is 1.59. The minimum absolute atomic E-state index is 0.112. The summed E-state index contributed by atoms with van der Waals surface area (Å²) in [4.78, 5) is 15.9. The molecule has 1 amide bonds. The lowest BCUT2D eigenvalue weighted by atomic mass is 10.2. The van der Waals surface area contributed by atoms with Crippen molar-refractivity contribution >= 4 is 15.7 Å². The maximum atomic E-state index is 11.9. The first-order valence-corrected chi connectivity index (χ1v) is 8.00. The summed E-state index contributed by atoms with van der Waals surface area (Å²) >= 11 is 0. The van der Waals surface area contributed by atoms with Crippen molar-refractivity contribution in [2.24, 2.45) is 5.73 Å². The molecule has 0 aliphatic carbocycles. The molecule has 1 aromatic heterocycles. The van der Waals surface area contributed by atoms with Gasteiger partial charge in [0.25, 0.3) is 5.91 Å². The van der Waals surface area contributed by atoms with E-state index >= 15 is 0 Å². The molecular formula is C13H17N3O3S. The Kier molecular flexibility index (Phi) is 5.67. The number of hydrogen-bond donors (Lipinski definition) is 2. The second-order valence-electron chi connectivity index (χ2n) is 4.44. The summed E-state index contributed by atoms with van der Waals surface area (Å²) in [7, 11) is -3.14. The fourth-order valence-corrected chi connectivity index (χ4v) is 2.58. The number of nitrogens with two attached hydrogens (primary N) is 1. The molecule has 108 valence electrons. The molecule has 0 saturated carbocycles. The maximum absolute atomic E-state index is 11.9. The highest BCUT2D eigenvalue weighted by atomic mass is 32.2. The van der Waals surface area contributed by atoms with E-state index in [0.29, 0.717) is 11.1 Å². The molecule has 3 N–H and O–H groups in total. The number of carbonyl (C=O) groups is 1. The van der Waals surface area contributed by atoms with Gasteiger partial charge in [-0.25, -0.2) is 8.42 Å². The van der Waals surface area contributed by atoms with E-state index < -0.39 is 15.9 Å². The molecule has 1 aromatic rings. The molecule has 0 aliphatic rings. The smallest absolute Gasteiger partial charge is 0.253 e. The summed E-state index contributed by atoms with van der Waals surface area (Å²) in [5.74, 6) is 4.95. The number of amides is 1. The lowest BCUT2D eigenvalue weighted by molar-refractivity contribution is 0.0943. The zero-order valence-corrected chi connectivity index (χ0v) is 12.2. The summed E-state index contributed by atoms with van der Waals surface area (Å²) < 4.78 is 22.3. The zero-order chi connectivity index (χ0) is 15.2. The van der Waals surface area contributed by atoms with Crippen LogP contribution >= 0.6 is 0 Å². The van der Waals surface area contributed by atoms with Crippen molar-refractivity contribution in [1.82, 2.24) is 10.3 Å². The van der Waals surface area contributed by atoms with Gasteiger partial charge in [-0.05, 0) is 13.0 Å². The van der Waals surface area contributed by atoms with Crippen molar-refractivity contribution in [2.75, 3.05) is 18.6 Å². The van der Waals surface area contributed by atoms with E-state index in [-0.39, 0.29) is 18.2 Å². The molecule has 1 atom stereocenters. The molecule has 0 fully saturated rings. The van der Waals surface area contributed by atoms with Crippen molar-refractivity contribution < 1.29 is 13.2 Å². The Morgan fingerprint density at radius 2 is 2.20 bits per heavy atom. The van der Waals surface area contributed by atoms with Crippen LogP contribution < -0.4 is 11.1 Å². The minimum atomic E-state index is -3.14. The number of rotatable bonds is 4. The SMILES string of the molecule is CC(CS(C)(=O)=O)NC(=O)c1cncc(C#CCN)c1. The van der Waals surface area contributed by atoms with Crippen LogP contribution in [0.15, 0.2) is 18.5 Å². The Morgan fingerprint density at radius 1 is 1.50 bits per heavy atom. The molecule has 6 nitrogen and oxygen atoms in total. The topological polar surface area (TPSA) is 102 Å². The van der Waals surface area contributed by atoms with Crippen LogP contribution in [0.5, 0.6) is 0 Å². The molecule has 0 aromatic carbocycles. The zero-order valence-electron chi connectivity index (χ0n) is 11.4. The van der Waals surface area contributed by atoms with Gasteiger partial charge in [0.2, 0.25) is 0 Å². The van der Waals surface area contributed by atoms with Gasteiger partial charge in [-0.2, -0.15) is 0 Å². The first kappa shape index (κ1) is 16.1. The first-order chi connectivity index (χ1) is 9.31. The summed E-state index contributed by atoms with van der Waals surface area (Å²) in [5, 5.41) is 2.61. The number of nitrogens with one attached hydrogen (secondary N) is 1. The lowest BCUT2D eigenvalue weighted by Gasteiger charge is -2.12. The van der Waals surface area contributed by atoms with E-state index in [1.54, 1.807) is 13.0 Å². The van der Waals surface area contributed by atoms with E-state index in [1.807, 2.05) is 0 Å². The van der Waals surface area contributed by atoms with E-state index in [9.17, 15) is 13.2 Å². The molecule has 0 spiro atoms. The second kappa shape index (κ2) is 7.03. The summed E-state index contributed by atoms with van der Waals surface area (Å²) in [6.07, 6.45) is 4.05. The van der Waals surface area contributed by atoms with Gasteiger partial charge in [0.1, 0.15) is 9.84 Å². The van der Waals surface area contributed by atoms with Gasteiger partial charge in [-0.15, -0.1) is 0 Å². The van der Waals surface area contributed by atoms with Crippen LogP contribution in [0.4, 0.5) is 0 Å². The Hall–Kier alpha value is -1.91. The lowest BCUT2D eigenvalue weighted by Crippen LogP contribution is -2.37. The van der Waals surface area contributed by atoms with Crippen LogP contribution in [0.3, 0.4) is 0 Å². The summed E-state index contributed by atoms with van der Waals surface area (Å²) in [5.41, 5.74) is 6.18. The number of pyridine rings is 1. The van der Waals surface area contributed by atoms with Crippen molar-refractivity contribution in [1.29, 1.82) is 0 Å². The quantitative estimate of drug-likeness (QED) is 0.733. The van der Waals surface area contributed by atoms with Gasteiger partial charge in [0, 0.05) is 30.3 Å². The Morgan fingerprint density at radius 3 is 2.80 bits per heavy atom. The van der Waals surface area contributed by atoms with Crippen LogP contribution in [-0.2, 0) is 9.84 Å². The number of aromatic nitrogens is 1. The van der Waals surface area contributed by atoms with Crippen molar-refractivity contribution in [3.05, 3.63) is 29.6 Å². The first-order valence-electron chi connectivity index (χ1n) is 5.94. The average molecular weight is 295 g/mol.